The first-order chi connectivity index (χ1) is 10.7. The molecule has 1 aromatic heterocycles. The Balaban J connectivity index is 2.13. The van der Waals surface area contributed by atoms with E-state index in [1.807, 2.05) is 25.7 Å². The number of anilines is 1. The summed E-state index contributed by atoms with van der Waals surface area (Å²) in [6.45, 7) is 6.55. The second kappa shape index (κ2) is 7.07. The van der Waals surface area contributed by atoms with E-state index in [-0.39, 0.29) is 23.0 Å². The summed E-state index contributed by atoms with van der Waals surface area (Å²) in [6, 6.07) is 1.27. The first-order valence-electron chi connectivity index (χ1n) is 7.25. The maximum atomic E-state index is 12.2. The van der Waals surface area contributed by atoms with Gasteiger partial charge in [-0.25, -0.2) is 4.79 Å². The molecule has 1 fully saturated rings. The molecular formula is C14H20Cl2N4O3. The van der Waals surface area contributed by atoms with Crippen LogP contribution in [0.1, 0.15) is 20.8 Å². The number of nitrogens with zero attached hydrogens (tertiary/aromatic N) is 4. The van der Waals surface area contributed by atoms with Gasteiger partial charge in [0.25, 0.3) is 0 Å². The number of halogens is 2. The number of hydrogen-bond donors (Lipinski definition) is 1. The molecule has 2 rings (SSSR count). The van der Waals surface area contributed by atoms with Crippen LogP contribution >= 0.6 is 23.2 Å². The van der Waals surface area contributed by atoms with Crippen LogP contribution in [0.3, 0.4) is 0 Å². The van der Waals surface area contributed by atoms with Gasteiger partial charge in [-0.15, -0.1) is 10.2 Å². The van der Waals surface area contributed by atoms with E-state index < -0.39 is 11.7 Å². The SMILES string of the molecule is CC(C)(C)OC(=O)N1CCN(c2cc(Cl)nnc2Cl)[C@H](CO)C1. The summed E-state index contributed by atoms with van der Waals surface area (Å²) in [5.41, 5.74) is 0.0314. The molecule has 0 unspecified atom stereocenters. The maximum absolute atomic E-state index is 12.2. The predicted molar refractivity (Wildman–Crippen MR) is 88.1 cm³/mol. The second-order valence-electron chi connectivity index (χ2n) is 6.30. The average molecular weight is 363 g/mol. The van der Waals surface area contributed by atoms with Crippen LogP contribution in [0.25, 0.3) is 0 Å². The number of ether oxygens (including phenoxy) is 1. The van der Waals surface area contributed by atoms with E-state index in [9.17, 15) is 9.90 Å². The van der Waals surface area contributed by atoms with Crippen LogP contribution in [0.4, 0.5) is 10.5 Å². The van der Waals surface area contributed by atoms with Gasteiger partial charge in [-0.3, -0.25) is 0 Å². The number of carbonyl (C=O) groups excluding carboxylic acids is 1. The van der Waals surface area contributed by atoms with E-state index in [1.165, 1.54) is 0 Å². The predicted octanol–water partition coefficient (Wildman–Crippen LogP) is 2.20. The van der Waals surface area contributed by atoms with Gasteiger partial charge in [0, 0.05) is 25.7 Å². The fourth-order valence-corrected chi connectivity index (χ4v) is 2.71. The van der Waals surface area contributed by atoms with Crippen molar-refractivity contribution < 1.29 is 14.6 Å². The molecule has 1 saturated heterocycles. The molecule has 9 heteroatoms. The van der Waals surface area contributed by atoms with Gasteiger partial charge in [-0.05, 0) is 20.8 Å². The molecule has 1 aliphatic heterocycles. The molecule has 0 aliphatic carbocycles. The van der Waals surface area contributed by atoms with Crippen LogP contribution in [-0.2, 0) is 4.74 Å². The molecule has 1 aromatic rings. The van der Waals surface area contributed by atoms with Gasteiger partial charge >= 0.3 is 6.09 Å². The van der Waals surface area contributed by atoms with Crippen molar-refractivity contribution in [2.24, 2.45) is 0 Å². The maximum Gasteiger partial charge on any atom is 0.410 e. The molecule has 2 heterocycles. The molecular weight excluding hydrogens is 343 g/mol. The summed E-state index contributed by atoms with van der Waals surface area (Å²) in [4.78, 5) is 15.6. The third kappa shape index (κ3) is 4.59. The zero-order valence-corrected chi connectivity index (χ0v) is 14.8. The molecule has 1 aliphatic rings. The highest BCUT2D eigenvalue weighted by atomic mass is 35.5. The highest BCUT2D eigenvalue weighted by Gasteiger charge is 2.33. The molecule has 23 heavy (non-hydrogen) atoms. The number of aliphatic hydroxyl groups is 1. The van der Waals surface area contributed by atoms with E-state index >= 15 is 0 Å². The van der Waals surface area contributed by atoms with Crippen molar-refractivity contribution in [3.8, 4) is 0 Å². The third-order valence-corrected chi connectivity index (χ3v) is 3.81. The van der Waals surface area contributed by atoms with Crippen molar-refractivity contribution in [2.45, 2.75) is 32.4 Å². The molecule has 0 spiro atoms. The Labute approximate surface area is 145 Å². The Morgan fingerprint density at radius 3 is 2.70 bits per heavy atom. The summed E-state index contributed by atoms with van der Waals surface area (Å²) >= 11 is 11.9. The zero-order valence-electron chi connectivity index (χ0n) is 13.3. The summed E-state index contributed by atoms with van der Waals surface area (Å²) < 4.78 is 5.37. The van der Waals surface area contributed by atoms with Gasteiger partial charge in [0.05, 0.1) is 18.3 Å². The first kappa shape index (κ1) is 18.0. The topological polar surface area (TPSA) is 78.8 Å². The fraction of sp³-hybridized carbons (Fsp3) is 0.643. The summed E-state index contributed by atoms with van der Waals surface area (Å²) in [6.07, 6.45) is -0.396. The molecule has 128 valence electrons. The average Bonchev–Trinajstić information content (AvgIpc) is 2.47. The van der Waals surface area contributed by atoms with Gasteiger partial charge in [-0.2, -0.15) is 0 Å². The van der Waals surface area contributed by atoms with Crippen molar-refractivity contribution in [1.82, 2.24) is 15.1 Å². The van der Waals surface area contributed by atoms with Crippen LogP contribution in [-0.4, -0.2) is 64.2 Å². The van der Waals surface area contributed by atoms with Crippen LogP contribution in [0.2, 0.25) is 10.3 Å². The lowest BCUT2D eigenvalue weighted by atomic mass is 10.1. The largest absolute Gasteiger partial charge is 0.444 e. The Hall–Kier alpha value is -1.31. The van der Waals surface area contributed by atoms with Crippen molar-refractivity contribution in [3.05, 3.63) is 16.4 Å². The lowest BCUT2D eigenvalue weighted by molar-refractivity contribution is 0.0197. The van der Waals surface area contributed by atoms with Gasteiger partial charge < -0.3 is 19.6 Å². The Bertz CT molecular complexity index is 580. The fourth-order valence-electron chi connectivity index (χ4n) is 2.37. The highest BCUT2D eigenvalue weighted by molar-refractivity contribution is 6.33. The Morgan fingerprint density at radius 2 is 2.09 bits per heavy atom. The summed E-state index contributed by atoms with van der Waals surface area (Å²) in [5.74, 6) is 0. The van der Waals surface area contributed by atoms with E-state index in [0.717, 1.165) is 0 Å². The molecule has 1 amide bonds. The minimum Gasteiger partial charge on any atom is -0.444 e. The first-order valence-corrected chi connectivity index (χ1v) is 8.01. The van der Waals surface area contributed by atoms with Crippen molar-refractivity contribution in [1.29, 1.82) is 0 Å². The molecule has 1 atom stereocenters. The van der Waals surface area contributed by atoms with E-state index in [4.69, 9.17) is 27.9 Å². The van der Waals surface area contributed by atoms with Crippen LogP contribution in [0.5, 0.6) is 0 Å². The van der Waals surface area contributed by atoms with Gasteiger partial charge in [0.2, 0.25) is 0 Å². The minimum absolute atomic E-state index is 0.143. The van der Waals surface area contributed by atoms with E-state index in [2.05, 4.69) is 10.2 Å². The molecule has 1 N–H and O–H groups in total. The van der Waals surface area contributed by atoms with Crippen LogP contribution in [0, 0.1) is 0 Å². The van der Waals surface area contributed by atoms with Gasteiger partial charge in [0.15, 0.2) is 10.3 Å². The van der Waals surface area contributed by atoms with E-state index in [0.29, 0.717) is 25.3 Å². The smallest absolute Gasteiger partial charge is 0.410 e. The summed E-state index contributed by atoms with van der Waals surface area (Å²) in [5, 5.41) is 17.6. The molecule has 0 aromatic carbocycles. The zero-order chi connectivity index (χ0) is 17.2. The summed E-state index contributed by atoms with van der Waals surface area (Å²) in [7, 11) is 0. The van der Waals surface area contributed by atoms with Crippen LogP contribution in [0.15, 0.2) is 6.07 Å². The van der Waals surface area contributed by atoms with Crippen molar-refractivity contribution >= 4 is 35.0 Å². The quantitative estimate of drug-likeness (QED) is 0.868. The molecule has 0 saturated carbocycles. The van der Waals surface area contributed by atoms with Crippen molar-refractivity contribution in [3.63, 3.8) is 0 Å². The standard InChI is InChI=1S/C14H20Cl2N4O3/c1-14(2,3)23-13(22)19-4-5-20(9(7-19)8-21)10-6-11(15)17-18-12(10)16/h6,9,21H,4-5,7-8H2,1-3H3/t9-/m0/s1. The Kier molecular flexibility index (Phi) is 5.54. The van der Waals surface area contributed by atoms with E-state index in [1.54, 1.807) is 11.0 Å². The number of rotatable bonds is 2. The number of piperazine rings is 1. The van der Waals surface area contributed by atoms with Gasteiger partial charge in [-0.1, -0.05) is 23.2 Å². The lowest BCUT2D eigenvalue weighted by Gasteiger charge is -2.42. The number of aliphatic hydroxyl groups excluding tert-OH is 1. The molecule has 0 bridgehead atoms. The van der Waals surface area contributed by atoms with Gasteiger partial charge in [0.1, 0.15) is 5.60 Å². The monoisotopic (exact) mass is 362 g/mol. The third-order valence-electron chi connectivity index (χ3n) is 3.36. The number of amides is 1. The second-order valence-corrected chi connectivity index (χ2v) is 7.04. The molecule has 0 radical (unpaired) electrons. The Morgan fingerprint density at radius 1 is 1.39 bits per heavy atom. The van der Waals surface area contributed by atoms with Crippen LogP contribution < -0.4 is 4.90 Å². The number of carbonyl (C=O) groups is 1. The van der Waals surface area contributed by atoms with Crippen molar-refractivity contribution in [2.75, 3.05) is 31.1 Å². The number of hydrogen-bond acceptors (Lipinski definition) is 6. The minimum atomic E-state index is -0.561. The number of aromatic nitrogens is 2. The lowest BCUT2D eigenvalue weighted by Crippen LogP contribution is -2.57. The highest BCUT2D eigenvalue weighted by Crippen LogP contribution is 2.29. The molecule has 7 nitrogen and oxygen atoms in total. The normalized spacial score (nSPS) is 19.0.